The zero-order chi connectivity index (χ0) is 25.6. The molecule has 1 aliphatic heterocycles. The minimum Gasteiger partial charge on any atom is -0.319 e. The van der Waals surface area contributed by atoms with Crippen molar-refractivity contribution in [2.45, 2.75) is 20.4 Å². The normalized spacial score (nSPS) is 12.7. The van der Waals surface area contributed by atoms with Gasteiger partial charge in [-0.15, -0.1) is 0 Å². The molecule has 4 aromatic rings. The van der Waals surface area contributed by atoms with Crippen LogP contribution >= 0.6 is 23.2 Å². The summed E-state index contributed by atoms with van der Waals surface area (Å²) in [6, 6.07) is 18.4. The molecule has 0 saturated carbocycles. The molecule has 0 unspecified atom stereocenters. The van der Waals surface area contributed by atoms with E-state index in [-0.39, 0.29) is 0 Å². The minimum atomic E-state index is -0.417. The van der Waals surface area contributed by atoms with Crippen LogP contribution in [-0.4, -0.2) is 27.5 Å². The summed E-state index contributed by atoms with van der Waals surface area (Å²) in [6.45, 7) is 3.98. The van der Waals surface area contributed by atoms with Crippen molar-refractivity contribution >= 4 is 52.3 Å². The van der Waals surface area contributed by atoms with Gasteiger partial charge in [0.2, 0.25) is 0 Å². The van der Waals surface area contributed by atoms with Gasteiger partial charge in [-0.2, -0.15) is 5.10 Å². The van der Waals surface area contributed by atoms with Gasteiger partial charge in [0, 0.05) is 21.2 Å². The molecule has 5 rings (SSSR count). The Labute approximate surface area is 217 Å². The predicted molar refractivity (Wildman–Crippen MR) is 139 cm³/mol. The molecule has 1 N–H and O–H groups in total. The van der Waals surface area contributed by atoms with E-state index in [1.807, 2.05) is 6.92 Å². The molecule has 3 amide bonds. The van der Waals surface area contributed by atoms with Crippen LogP contribution in [-0.2, 0) is 6.54 Å². The Bertz CT molecular complexity index is 1510. The Balaban J connectivity index is 1.39. The summed E-state index contributed by atoms with van der Waals surface area (Å²) in [6.07, 6.45) is 0. The van der Waals surface area contributed by atoms with Crippen LogP contribution < -0.4 is 10.2 Å². The van der Waals surface area contributed by atoms with Crippen LogP contribution in [0.4, 0.5) is 11.4 Å². The first-order valence-electron chi connectivity index (χ1n) is 11.1. The van der Waals surface area contributed by atoms with Crippen molar-refractivity contribution in [2.24, 2.45) is 0 Å². The lowest BCUT2D eigenvalue weighted by Crippen LogP contribution is -2.29. The Kier molecular flexibility index (Phi) is 6.12. The number of rotatable bonds is 5. The molecule has 0 bridgehead atoms. The molecular weight excluding hydrogens is 499 g/mol. The largest absolute Gasteiger partial charge is 0.319 e. The van der Waals surface area contributed by atoms with Gasteiger partial charge in [-0.25, -0.2) is 4.90 Å². The van der Waals surface area contributed by atoms with Crippen molar-refractivity contribution in [3.05, 3.63) is 110 Å². The highest BCUT2D eigenvalue weighted by atomic mass is 35.5. The van der Waals surface area contributed by atoms with Gasteiger partial charge in [0.1, 0.15) is 0 Å². The maximum atomic E-state index is 13.2. The van der Waals surface area contributed by atoms with Crippen molar-refractivity contribution in [1.29, 1.82) is 0 Å². The second-order valence-corrected chi connectivity index (χ2v) is 9.21. The van der Waals surface area contributed by atoms with Crippen molar-refractivity contribution in [1.82, 2.24) is 9.78 Å². The first-order chi connectivity index (χ1) is 17.3. The number of carbonyl (C=O) groups is 3. The molecule has 1 aromatic heterocycles. The maximum Gasteiger partial charge on any atom is 0.266 e. The van der Waals surface area contributed by atoms with Crippen LogP contribution in [0.2, 0.25) is 10.0 Å². The van der Waals surface area contributed by atoms with Gasteiger partial charge in [-0.1, -0.05) is 47.5 Å². The Morgan fingerprint density at radius 3 is 2.14 bits per heavy atom. The molecule has 36 heavy (non-hydrogen) atoms. The van der Waals surface area contributed by atoms with Gasteiger partial charge in [0.05, 0.1) is 40.4 Å². The van der Waals surface area contributed by atoms with E-state index < -0.39 is 17.7 Å². The topological polar surface area (TPSA) is 84.3 Å². The van der Waals surface area contributed by atoms with Gasteiger partial charge in [0.15, 0.2) is 0 Å². The van der Waals surface area contributed by atoms with Crippen molar-refractivity contribution in [2.75, 3.05) is 10.2 Å². The Hall–Kier alpha value is -3.94. The third-order valence-electron chi connectivity index (χ3n) is 6.15. The number of fused-ring (bicyclic) bond motifs is 1. The van der Waals surface area contributed by atoms with Gasteiger partial charge >= 0.3 is 0 Å². The third-order valence-corrected chi connectivity index (χ3v) is 6.86. The summed E-state index contributed by atoms with van der Waals surface area (Å²) >= 11 is 12.6. The molecule has 7 nitrogen and oxygen atoms in total. The van der Waals surface area contributed by atoms with E-state index in [1.54, 1.807) is 72.3 Å². The first-order valence-corrected chi connectivity index (χ1v) is 11.9. The standard InChI is InChI=1S/C27H20Cl2N4O3/c1-15-24(16(2)32(31-15)14-21-22(28)11-6-12-23(21)29)30-25(34)17-7-5-8-18(13-17)33-26(35)19-9-3-4-10-20(19)27(33)36/h3-13H,14H2,1-2H3,(H,30,34). The Morgan fingerprint density at radius 1 is 0.889 bits per heavy atom. The van der Waals surface area contributed by atoms with Crippen LogP contribution in [0.25, 0.3) is 0 Å². The summed E-state index contributed by atoms with van der Waals surface area (Å²) < 4.78 is 1.73. The molecule has 0 radical (unpaired) electrons. The van der Waals surface area contributed by atoms with E-state index in [1.165, 1.54) is 6.07 Å². The number of nitrogens with one attached hydrogen (secondary N) is 1. The average Bonchev–Trinajstić information content (AvgIpc) is 3.28. The minimum absolute atomic E-state index is 0.296. The van der Waals surface area contributed by atoms with Crippen molar-refractivity contribution in [3.8, 4) is 0 Å². The zero-order valence-electron chi connectivity index (χ0n) is 19.4. The lowest BCUT2D eigenvalue weighted by molar-refractivity contribution is 0.0924. The predicted octanol–water partition coefficient (Wildman–Crippen LogP) is 5.91. The van der Waals surface area contributed by atoms with Crippen molar-refractivity contribution < 1.29 is 14.4 Å². The van der Waals surface area contributed by atoms with Crippen LogP contribution in [0.3, 0.4) is 0 Å². The first kappa shape index (κ1) is 23.8. The number of carbonyl (C=O) groups excluding carboxylic acids is 3. The maximum absolute atomic E-state index is 13.2. The van der Waals surface area contributed by atoms with E-state index in [4.69, 9.17) is 23.2 Å². The lowest BCUT2D eigenvalue weighted by Gasteiger charge is -2.15. The number of aromatic nitrogens is 2. The fourth-order valence-electron chi connectivity index (χ4n) is 4.26. The van der Waals surface area contributed by atoms with Gasteiger partial charge in [-0.3, -0.25) is 19.1 Å². The number of hydrogen-bond acceptors (Lipinski definition) is 4. The number of imide groups is 1. The van der Waals surface area contributed by atoms with E-state index in [0.29, 0.717) is 50.3 Å². The summed E-state index contributed by atoms with van der Waals surface area (Å²) in [4.78, 5) is 39.9. The number of amides is 3. The molecule has 1 aliphatic rings. The smallest absolute Gasteiger partial charge is 0.266 e. The van der Waals surface area contributed by atoms with E-state index in [0.717, 1.165) is 16.2 Å². The summed E-state index contributed by atoms with van der Waals surface area (Å²) in [5.74, 6) is -1.23. The fourth-order valence-corrected chi connectivity index (χ4v) is 4.78. The Morgan fingerprint density at radius 2 is 1.50 bits per heavy atom. The summed E-state index contributed by atoms with van der Waals surface area (Å²) in [7, 11) is 0. The van der Waals surface area contributed by atoms with E-state index in [9.17, 15) is 14.4 Å². The average molecular weight is 519 g/mol. The number of nitrogens with zero attached hydrogens (tertiary/aromatic N) is 3. The van der Waals surface area contributed by atoms with Crippen LogP contribution in [0, 0.1) is 13.8 Å². The molecule has 0 atom stereocenters. The number of hydrogen-bond donors (Lipinski definition) is 1. The van der Waals surface area contributed by atoms with E-state index >= 15 is 0 Å². The van der Waals surface area contributed by atoms with Gasteiger partial charge in [-0.05, 0) is 56.3 Å². The number of aryl methyl sites for hydroxylation is 1. The SMILES string of the molecule is Cc1nn(Cc2c(Cl)cccc2Cl)c(C)c1NC(=O)c1cccc(N2C(=O)c3ccccc3C2=O)c1. The summed E-state index contributed by atoms with van der Waals surface area (Å²) in [5.41, 5.74) is 3.96. The van der Waals surface area contributed by atoms with E-state index in [2.05, 4.69) is 10.4 Å². The van der Waals surface area contributed by atoms with Crippen molar-refractivity contribution in [3.63, 3.8) is 0 Å². The molecule has 0 aliphatic carbocycles. The molecule has 0 fully saturated rings. The highest BCUT2D eigenvalue weighted by molar-refractivity contribution is 6.36. The second kappa shape index (κ2) is 9.26. The van der Waals surface area contributed by atoms with Crippen LogP contribution in [0.15, 0.2) is 66.7 Å². The highest BCUT2D eigenvalue weighted by Crippen LogP contribution is 2.30. The monoisotopic (exact) mass is 518 g/mol. The number of anilines is 2. The van der Waals surface area contributed by atoms with Crippen LogP contribution in [0.5, 0.6) is 0 Å². The fraction of sp³-hybridized carbons (Fsp3) is 0.111. The van der Waals surface area contributed by atoms with Gasteiger partial charge in [0.25, 0.3) is 17.7 Å². The molecule has 180 valence electrons. The molecular formula is C27H20Cl2N4O3. The molecule has 2 heterocycles. The molecule has 3 aromatic carbocycles. The molecule has 0 saturated heterocycles. The number of benzene rings is 3. The second-order valence-electron chi connectivity index (χ2n) is 8.40. The summed E-state index contributed by atoms with van der Waals surface area (Å²) in [5, 5.41) is 8.52. The van der Waals surface area contributed by atoms with Gasteiger partial charge < -0.3 is 5.32 Å². The third kappa shape index (κ3) is 4.06. The molecule has 0 spiro atoms. The zero-order valence-corrected chi connectivity index (χ0v) is 20.9. The lowest BCUT2D eigenvalue weighted by atomic mass is 10.1. The molecule has 9 heteroatoms. The highest BCUT2D eigenvalue weighted by Gasteiger charge is 2.36. The quantitative estimate of drug-likeness (QED) is 0.333. The number of halogens is 2. The van der Waals surface area contributed by atoms with Crippen LogP contribution in [0.1, 0.15) is 48.0 Å².